The predicted octanol–water partition coefficient (Wildman–Crippen LogP) is 3.77. The highest BCUT2D eigenvalue weighted by molar-refractivity contribution is 7.22. The normalized spacial score (nSPS) is 10.9. The van der Waals surface area contributed by atoms with Crippen molar-refractivity contribution in [1.82, 2.24) is 14.8 Å². The minimum Gasteiger partial charge on any atom is -0.465 e. The highest BCUT2D eigenvalue weighted by Crippen LogP contribution is 2.30. The van der Waals surface area contributed by atoms with Crippen LogP contribution in [0.1, 0.15) is 20.7 Å². The minimum absolute atomic E-state index is 0.280. The van der Waals surface area contributed by atoms with E-state index in [1.54, 1.807) is 47.3 Å². The molecule has 152 valence electrons. The van der Waals surface area contributed by atoms with E-state index < -0.39 is 5.97 Å². The SMILES string of the molecule is COC(=O)c1ccc(C(=O)N(CCn2cccn2)c2nc3ccc(F)cc3s2)cc1. The van der Waals surface area contributed by atoms with Gasteiger partial charge in [-0.05, 0) is 48.5 Å². The molecule has 4 aromatic rings. The molecule has 0 atom stereocenters. The van der Waals surface area contributed by atoms with Gasteiger partial charge in [-0.25, -0.2) is 14.2 Å². The Morgan fingerprint density at radius 1 is 1.17 bits per heavy atom. The van der Waals surface area contributed by atoms with Crippen molar-refractivity contribution in [2.24, 2.45) is 0 Å². The maximum absolute atomic E-state index is 13.6. The van der Waals surface area contributed by atoms with E-state index in [4.69, 9.17) is 4.74 Å². The van der Waals surface area contributed by atoms with Gasteiger partial charge >= 0.3 is 5.97 Å². The molecule has 0 saturated heterocycles. The molecule has 0 N–H and O–H groups in total. The van der Waals surface area contributed by atoms with Crippen molar-refractivity contribution >= 4 is 38.6 Å². The van der Waals surface area contributed by atoms with E-state index in [0.29, 0.717) is 39.6 Å². The molecule has 2 heterocycles. The monoisotopic (exact) mass is 424 g/mol. The number of methoxy groups -OCH3 is 1. The summed E-state index contributed by atoms with van der Waals surface area (Å²) in [5.74, 6) is -1.11. The third-order valence-electron chi connectivity index (χ3n) is 4.48. The van der Waals surface area contributed by atoms with Crippen molar-refractivity contribution in [2.45, 2.75) is 6.54 Å². The lowest BCUT2D eigenvalue weighted by Gasteiger charge is -2.20. The van der Waals surface area contributed by atoms with Crippen LogP contribution >= 0.6 is 11.3 Å². The molecule has 0 saturated carbocycles. The number of esters is 1. The zero-order valence-corrected chi connectivity index (χ0v) is 16.8. The maximum Gasteiger partial charge on any atom is 0.337 e. The Hall–Kier alpha value is -3.59. The number of hydrogen-bond acceptors (Lipinski definition) is 6. The highest BCUT2D eigenvalue weighted by Gasteiger charge is 2.22. The van der Waals surface area contributed by atoms with Crippen LogP contribution in [0.2, 0.25) is 0 Å². The Bertz CT molecular complexity index is 1190. The van der Waals surface area contributed by atoms with Crippen LogP contribution < -0.4 is 4.90 Å². The van der Waals surface area contributed by atoms with Gasteiger partial charge in [-0.15, -0.1) is 0 Å². The smallest absolute Gasteiger partial charge is 0.337 e. The molecule has 2 aromatic carbocycles. The summed E-state index contributed by atoms with van der Waals surface area (Å²) in [5.41, 5.74) is 1.37. The average Bonchev–Trinajstić information content (AvgIpc) is 3.43. The molecule has 0 spiro atoms. The van der Waals surface area contributed by atoms with Crippen LogP contribution in [-0.2, 0) is 11.3 Å². The first-order chi connectivity index (χ1) is 14.5. The van der Waals surface area contributed by atoms with Crippen LogP contribution in [0.5, 0.6) is 0 Å². The average molecular weight is 424 g/mol. The topological polar surface area (TPSA) is 77.3 Å². The van der Waals surface area contributed by atoms with Gasteiger partial charge in [-0.3, -0.25) is 14.4 Å². The number of anilines is 1. The first-order valence-electron chi connectivity index (χ1n) is 9.09. The van der Waals surface area contributed by atoms with E-state index >= 15 is 0 Å². The lowest BCUT2D eigenvalue weighted by atomic mass is 10.1. The molecule has 30 heavy (non-hydrogen) atoms. The lowest BCUT2D eigenvalue weighted by molar-refractivity contribution is 0.0600. The molecule has 1 amide bonds. The van der Waals surface area contributed by atoms with Gasteiger partial charge in [-0.1, -0.05) is 11.3 Å². The number of thiazole rings is 1. The highest BCUT2D eigenvalue weighted by atomic mass is 32.1. The predicted molar refractivity (Wildman–Crippen MR) is 111 cm³/mol. The second-order valence-corrected chi connectivity index (χ2v) is 7.41. The number of hydrogen-bond donors (Lipinski definition) is 0. The summed E-state index contributed by atoms with van der Waals surface area (Å²) in [5, 5.41) is 4.63. The number of benzene rings is 2. The Morgan fingerprint density at radius 3 is 2.63 bits per heavy atom. The fraction of sp³-hybridized carbons (Fsp3) is 0.143. The van der Waals surface area contributed by atoms with Crippen molar-refractivity contribution in [3.8, 4) is 0 Å². The lowest BCUT2D eigenvalue weighted by Crippen LogP contribution is -2.34. The molecule has 0 unspecified atom stereocenters. The van der Waals surface area contributed by atoms with Crippen molar-refractivity contribution in [3.63, 3.8) is 0 Å². The minimum atomic E-state index is -0.474. The van der Waals surface area contributed by atoms with Crippen molar-refractivity contribution in [3.05, 3.63) is 77.9 Å². The number of halogens is 1. The summed E-state index contributed by atoms with van der Waals surface area (Å²) in [7, 11) is 1.30. The van der Waals surface area contributed by atoms with Crippen LogP contribution in [0, 0.1) is 5.82 Å². The van der Waals surface area contributed by atoms with Crippen LogP contribution in [0.15, 0.2) is 60.9 Å². The number of carbonyl (C=O) groups excluding carboxylic acids is 2. The molecule has 0 bridgehead atoms. The van der Waals surface area contributed by atoms with Crippen molar-refractivity contribution in [1.29, 1.82) is 0 Å². The fourth-order valence-electron chi connectivity index (χ4n) is 2.94. The van der Waals surface area contributed by atoms with Crippen molar-refractivity contribution in [2.75, 3.05) is 18.6 Å². The van der Waals surface area contributed by atoms with E-state index in [9.17, 15) is 14.0 Å². The Labute approximate surface area is 175 Å². The first kappa shape index (κ1) is 19.7. The Kier molecular flexibility index (Phi) is 5.53. The molecule has 0 aliphatic rings. The molecule has 0 aliphatic carbocycles. The quantitative estimate of drug-likeness (QED) is 0.441. The van der Waals surface area contributed by atoms with Crippen LogP contribution in [0.25, 0.3) is 10.2 Å². The van der Waals surface area contributed by atoms with Gasteiger partial charge in [-0.2, -0.15) is 5.10 Å². The number of rotatable bonds is 6. The van der Waals surface area contributed by atoms with Gasteiger partial charge in [0.15, 0.2) is 5.13 Å². The number of nitrogens with zero attached hydrogens (tertiary/aromatic N) is 4. The van der Waals surface area contributed by atoms with E-state index in [1.165, 1.54) is 35.5 Å². The summed E-state index contributed by atoms with van der Waals surface area (Å²) >= 11 is 1.24. The van der Waals surface area contributed by atoms with Gasteiger partial charge in [0, 0.05) is 24.5 Å². The molecule has 0 radical (unpaired) electrons. The summed E-state index contributed by atoms with van der Waals surface area (Å²) in [4.78, 5) is 31.0. The van der Waals surface area contributed by atoms with Crippen LogP contribution in [0.4, 0.5) is 9.52 Å². The molecule has 9 heteroatoms. The number of ether oxygens (including phenoxy) is 1. The van der Waals surface area contributed by atoms with Crippen LogP contribution in [-0.4, -0.2) is 40.3 Å². The van der Waals surface area contributed by atoms with Crippen molar-refractivity contribution < 1.29 is 18.7 Å². The molecular formula is C21H17FN4O3S. The number of amides is 1. The number of fused-ring (bicyclic) bond motifs is 1. The number of aromatic nitrogens is 3. The first-order valence-corrected chi connectivity index (χ1v) is 9.90. The molecular weight excluding hydrogens is 407 g/mol. The van der Waals surface area contributed by atoms with Crippen LogP contribution in [0.3, 0.4) is 0 Å². The zero-order chi connectivity index (χ0) is 21.1. The van der Waals surface area contributed by atoms with E-state index in [-0.39, 0.29) is 11.7 Å². The summed E-state index contributed by atoms with van der Waals surface area (Å²) in [6, 6.07) is 12.4. The van der Waals surface area contributed by atoms with Gasteiger partial charge in [0.25, 0.3) is 5.91 Å². The van der Waals surface area contributed by atoms with E-state index in [0.717, 1.165) is 0 Å². The second kappa shape index (κ2) is 8.42. The van der Waals surface area contributed by atoms with E-state index in [2.05, 4.69) is 10.1 Å². The van der Waals surface area contributed by atoms with Gasteiger partial charge < -0.3 is 4.74 Å². The third-order valence-corrected chi connectivity index (χ3v) is 5.52. The number of carbonyl (C=O) groups is 2. The molecule has 0 fully saturated rings. The fourth-order valence-corrected chi connectivity index (χ4v) is 3.96. The van der Waals surface area contributed by atoms with Gasteiger partial charge in [0.1, 0.15) is 5.82 Å². The maximum atomic E-state index is 13.6. The standard InChI is InChI=1S/C21H17FN4O3S/c1-29-20(28)15-5-3-14(4-6-15)19(27)26(12-11-25-10-2-9-23-25)21-24-17-8-7-16(22)13-18(17)30-21/h2-10,13H,11-12H2,1H3. The summed E-state index contributed by atoms with van der Waals surface area (Å²) in [6.45, 7) is 0.783. The zero-order valence-electron chi connectivity index (χ0n) is 16.0. The van der Waals surface area contributed by atoms with Gasteiger partial charge in [0.05, 0.1) is 29.4 Å². The molecule has 2 aromatic heterocycles. The summed E-state index contributed by atoms with van der Waals surface area (Å²) in [6.07, 6.45) is 3.47. The third kappa shape index (κ3) is 4.06. The second-order valence-electron chi connectivity index (χ2n) is 6.40. The molecule has 4 rings (SSSR count). The van der Waals surface area contributed by atoms with E-state index in [1.807, 2.05) is 6.20 Å². The Balaban J connectivity index is 1.66. The largest absolute Gasteiger partial charge is 0.465 e. The molecule has 0 aliphatic heterocycles. The molecule has 7 nitrogen and oxygen atoms in total. The van der Waals surface area contributed by atoms with Gasteiger partial charge in [0.2, 0.25) is 0 Å². The Morgan fingerprint density at radius 2 is 1.93 bits per heavy atom. The summed E-state index contributed by atoms with van der Waals surface area (Å²) < 4.78 is 20.7.